The second-order valence-corrected chi connectivity index (χ2v) is 7.00. The van der Waals surface area contributed by atoms with Gasteiger partial charge in [0.1, 0.15) is 5.75 Å². The van der Waals surface area contributed by atoms with E-state index in [1.165, 1.54) is 0 Å². The predicted molar refractivity (Wildman–Crippen MR) is 115 cm³/mol. The van der Waals surface area contributed by atoms with E-state index in [-0.39, 0.29) is 12.5 Å². The van der Waals surface area contributed by atoms with Crippen molar-refractivity contribution in [3.8, 4) is 5.75 Å². The summed E-state index contributed by atoms with van der Waals surface area (Å²) in [5, 5.41) is 2.88. The van der Waals surface area contributed by atoms with Crippen molar-refractivity contribution in [3.05, 3.63) is 84.4 Å². The molecule has 3 rings (SSSR count). The van der Waals surface area contributed by atoms with Gasteiger partial charge in [-0.05, 0) is 74.9 Å². The van der Waals surface area contributed by atoms with E-state index in [2.05, 4.69) is 36.2 Å². The van der Waals surface area contributed by atoms with Crippen molar-refractivity contribution in [2.75, 3.05) is 16.8 Å². The average Bonchev–Trinajstić information content (AvgIpc) is 2.69. The van der Waals surface area contributed by atoms with E-state index in [1.54, 1.807) is 0 Å². The van der Waals surface area contributed by atoms with Crippen LogP contribution in [0.1, 0.15) is 19.4 Å². The summed E-state index contributed by atoms with van der Waals surface area (Å²) in [4.78, 5) is 14.4. The summed E-state index contributed by atoms with van der Waals surface area (Å²) in [6, 6.07) is 26.1. The molecule has 0 aliphatic carbocycles. The number of amides is 1. The summed E-state index contributed by atoms with van der Waals surface area (Å²) in [5.41, 5.74) is 4.07. The molecule has 0 aliphatic heterocycles. The second-order valence-electron chi connectivity index (χ2n) is 7.00. The number of rotatable bonds is 7. The van der Waals surface area contributed by atoms with Crippen molar-refractivity contribution >= 4 is 23.0 Å². The fraction of sp³-hybridized carbons (Fsp3) is 0.208. The number of para-hydroxylation sites is 1. The average molecular weight is 374 g/mol. The molecule has 144 valence electrons. The molecule has 3 aromatic rings. The zero-order chi connectivity index (χ0) is 19.9. The van der Waals surface area contributed by atoms with Crippen LogP contribution in [0.5, 0.6) is 5.75 Å². The smallest absolute Gasteiger partial charge is 0.262 e. The molecular formula is C24H26N2O2. The summed E-state index contributed by atoms with van der Waals surface area (Å²) in [6.07, 6.45) is 0. The number of anilines is 3. The fourth-order valence-electron chi connectivity index (χ4n) is 3.09. The number of nitrogens with zero attached hydrogens (tertiary/aromatic N) is 1. The van der Waals surface area contributed by atoms with Gasteiger partial charge in [-0.25, -0.2) is 0 Å². The molecule has 0 heterocycles. The number of benzene rings is 3. The van der Waals surface area contributed by atoms with Crippen molar-refractivity contribution in [2.24, 2.45) is 0 Å². The van der Waals surface area contributed by atoms with Crippen molar-refractivity contribution in [1.82, 2.24) is 0 Å². The Labute approximate surface area is 166 Å². The van der Waals surface area contributed by atoms with E-state index >= 15 is 0 Å². The molecule has 1 N–H and O–H groups in total. The van der Waals surface area contributed by atoms with Crippen LogP contribution in [0.2, 0.25) is 0 Å². The number of carbonyl (C=O) groups is 1. The summed E-state index contributed by atoms with van der Waals surface area (Å²) in [5.74, 6) is 0.513. The highest BCUT2D eigenvalue weighted by molar-refractivity contribution is 5.92. The highest BCUT2D eigenvalue weighted by Gasteiger charge is 2.13. The highest BCUT2D eigenvalue weighted by atomic mass is 16.5. The van der Waals surface area contributed by atoms with Gasteiger partial charge >= 0.3 is 0 Å². The van der Waals surface area contributed by atoms with Gasteiger partial charge in [-0.3, -0.25) is 4.79 Å². The fourth-order valence-corrected chi connectivity index (χ4v) is 3.09. The van der Waals surface area contributed by atoms with Crippen LogP contribution >= 0.6 is 0 Å². The summed E-state index contributed by atoms with van der Waals surface area (Å²) >= 11 is 0. The highest BCUT2D eigenvalue weighted by Crippen LogP contribution is 2.28. The first-order chi connectivity index (χ1) is 13.5. The lowest BCUT2D eigenvalue weighted by Crippen LogP contribution is -2.25. The van der Waals surface area contributed by atoms with Crippen LogP contribution in [0, 0.1) is 6.92 Å². The first kappa shape index (κ1) is 19.5. The zero-order valence-corrected chi connectivity index (χ0v) is 16.6. The van der Waals surface area contributed by atoms with Crippen LogP contribution in [0.4, 0.5) is 17.1 Å². The van der Waals surface area contributed by atoms with E-state index in [9.17, 15) is 4.79 Å². The Kier molecular flexibility index (Phi) is 6.33. The summed E-state index contributed by atoms with van der Waals surface area (Å²) < 4.78 is 5.55. The first-order valence-corrected chi connectivity index (χ1v) is 9.46. The van der Waals surface area contributed by atoms with Gasteiger partial charge < -0.3 is 15.0 Å². The van der Waals surface area contributed by atoms with Crippen LogP contribution in [0.25, 0.3) is 0 Å². The number of ether oxygens (including phenoxy) is 1. The largest absolute Gasteiger partial charge is 0.484 e. The molecule has 0 bridgehead atoms. The van der Waals surface area contributed by atoms with Crippen LogP contribution in [0.3, 0.4) is 0 Å². The standard InChI is InChI=1S/C24H26N2O2/c1-18(2)26(21-9-5-4-6-10-21)22-14-12-20(13-15-22)25-24(27)17-28-23-11-7-8-19(3)16-23/h4-16,18H,17H2,1-3H3,(H,25,27). The Bertz CT molecular complexity index is 905. The lowest BCUT2D eigenvalue weighted by molar-refractivity contribution is -0.118. The van der Waals surface area contributed by atoms with Gasteiger partial charge in [-0.1, -0.05) is 30.3 Å². The number of hydrogen-bond acceptors (Lipinski definition) is 3. The predicted octanol–water partition coefficient (Wildman–Crippen LogP) is 5.56. The molecule has 4 nitrogen and oxygen atoms in total. The number of aryl methyl sites for hydroxylation is 1. The maximum Gasteiger partial charge on any atom is 0.262 e. The molecule has 28 heavy (non-hydrogen) atoms. The minimum Gasteiger partial charge on any atom is -0.484 e. The molecule has 1 amide bonds. The van der Waals surface area contributed by atoms with Crippen LogP contribution in [-0.2, 0) is 4.79 Å². The Morgan fingerprint density at radius 2 is 1.61 bits per heavy atom. The third kappa shape index (κ3) is 5.13. The molecule has 0 atom stereocenters. The van der Waals surface area contributed by atoms with E-state index in [0.29, 0.717) is 11.8 Å². The number of carbonyl (C=O) groups excluding carboxylic acids is 1. The lowest BCUT2D eigenvalue weighted by Gasteiger charge is -2.29. The van der Waals surface area contributed by atoms with Crippen LogP contribution in [0.15, 0.2) is 78.9 Å². The molecule has 0 saturated carbocycles. The molecular weight excluding hydrogens is 348 g/mol. The molecule has 3 aromatic carbocycles. The van der Waals surface area contributed by atoms with Gasteiger partial charge in [0, 0.05) is 23.1 Å². The molecule has 0 aromatic heterocycles. The number of nitrogens with one attached hydrogen (secondary N) is 1. The third-order valence-corrected chi connectivity index (χ3v) is 4.34. The molecule has 0 radical (unpaired) electrons. The number of hydrogen-bond donors (Lipinski definition) is 1. The van der Waals surface area contributed by atoms with Crippen LogP contribution in [-0.4, -0.2) is 18.6 Å². The summed E-state index contributed by atoms with van der Waals surface area (Å²) in [7, 11) is 0. The minimum absolute atomic E-state index is 0.0205. The molecule has 4 heteroatoms. The Morgan fingerprint density at radius 3 is 2.25 bits per heavy atom. The van der Waals surface area contributed by atoms with Crippen molar-refractivity contribution in [3.63, 3.8) is 0 Å². The lowest BCUT2D eigenvalue weighted by atomic mass is 10.2. The van der Waals surface area contributed by atoms with Crippen LogP contribution < -0.4 is 15.0 Å². The second kappa shape index (κ2) is 9.09. The molecule has 0 saturated heterocycles. The summed E-state index contributed by atoms with van der Waals surface area (Å²) in [6.45, 7) is 6.29. The van der Waals surface area contributed by atoms with E-state index < -0.39 is 0 Å². The van der Waals surface area contributed by atoms with Gasteiger partial charge in [-0.2, -0.15) is 0 Å². The third-order valence-electron chi connectivity index (χ3n) is 4.34. The minimum atomic E-state index is -0.182. The Hall–Kier alpha value is -3.27. The monoisotopic (exact) mass is 374 g/mol. The maximum absolute atomic E-state index is 12.2. The normalized spacial score (nSPS) is 10.6. The van der Waals surface area contributed by atoms with E-state index in [1.807, 2.05) is 73.7 Å². The molecule has 0 aliphatic rings. The van der Waals surface area contributed by atoms with Gasteiger partial charge in [0.25, 0.3) is 5.91 Å². The van der Waals surface area contributed by atoms with Gasteiger partial charge in [0.2, 0.25) is 0 Å². The van der Waals surface area contributed by atoms with Crippen molar-refractivity contribution in [1.29, 1.82) is 0 Å². The Morgan fingerprint density at radius 1 is 0.929 bits per heavy atom. The van der Waals surface area contributed by atoms with Gasteiger partial charge in [0.15, 0.2) is 6.61 Å². The molecule has 0 spiro atoms. The Balaban J connectivity index is 1.62. The van der Waals surface area contributed by atoms with E-state index in [4.69, 9.17) is 4.74 Å². The first-order valence-electron chi connectivity index (χ1n) is 9.46. The van der Waals surface area contributed by atoms with Gasteiger partial charge in [-0.15, -0.1) is 0 Å². The van der Waals surface area contributed by atoms with Gasteiger partial charge in [0.05, 0.1) is 0 Å². The topological polar surface area (TPSA) is 41.6 Å². The quantitative estimate of drug-likeness (QED) is 0.589. The SMILES string of the molecule is Cc1cccc(OCC(=O)Nc2ccc(N(c3ccccc3)C(C)C)cc2)c1. The van der Waals surface area contributed by atoms with E-state index in [0.717, 1.165) is 22.6 Å². The van der Waals surface area contributed by atoms with Crippen molar-refractivity contribution < 1.29 is 9.53 Å². The maximum atomic E-state index is 12.2. The molecule has 0 fully saturated rings. The zero-order valence-electron chi connectivity index (χ0n) is 16.6. The van der Waals surface area contributed by atoms with Crippen molar-refractivity contribution in [2.45, 2.75) is 26.8 Å². The molecule has 0 unspecified atom stereocenters.